The molecular formula is C13H18N. The summed E-state index contributed by atoms with van der Waals surface area (Å²) in [5, 5.41) is 0. The third-order valence-corrected chi connectivity index (χ3v) is 2.98. The Kier molecular flexibility index (Phi) is 3.20. The average Bonchev–Trinajstić information content (AvgIpc) is 2.23. The molecule has 0 saturated carbocycles. The fourth-order valence-corrected chi connectivity index (χ4v) is 2.04. The molecule has 1 unspecified atom stereocenters. The van der Waals surface area contributed by atoms with Gasteiger partial charge >= 0.3 is 0 Å². The van der Waals surface area contributed by atoms with Gasteiger partial charge in [0.05, 0.1) is 0 Å². The van der Waals surface area contributed by atoms with Gasteiger partial charge in [0, 0.05) is 12.6 Å². The van der Waals surface area contributed by atoms with E-state index >= 15 is 0 Å². The third-order valence-electron chi connectivity index (χ3n) is 2.98. The van der Waals surface area contributed by atoms with Gasteiger partial charge in [-0.3, -0.25) is 4.90 Å². The monoisotopic (exact) mass is 188 g/mol. The molecule has 0 amide bonds. The SMILES string of the molecule is CC1C[CH]CCN1Cc1ccccc1. The number of nitrogens with zero attached hydrogens (tertiary/aromatic N) is 1. The first-order chi connectivity index (χ1) is 6.86. The summed E-state index contributed by atoms with van der Waals surface area (Å²) in [7, 11) is 0. The highest BCUT2D eigenvalue weighted by Gasteiger charge is 2.17. The molecule has 1 radical (unpaired) electrons. The van der Waals surface area contributed by atoms with E-state index < -0.39 is 0 Å². The van der Waals surface area contributed by atoms with E-state index in [-0.39, 0.29) is 0 Å². The van der Waals surface area contributed by atoms with Gasteiger partial charge in [-0.1, -0.05) is 30.3 Å². The van der Waals surface area contributed by atoms with Crippen molar-refractivity contribution in [2.45, 2.75) is 32.4 Å². The predicted octanol–water partition coefficient (Wildman–Crippen LogP) is 2.88. The zero-order valence-corrected chi connectivity index (χ0v) is 8.82. The number of hydrogen-bond acceptors (Lipinski definition) is 1. The van der Waals surface area contributed by atoms with Crippen molar-refractivity contribution < 1.29 is 0 Å². The molecule has 1 nitrogen and oxygen atoms in total. The van der Waals surface area contributed by atoms with Crippen LogP contribution >= 0.6 is 0 Å². The van der Waals surface area contributed by atoms with E-state index in [1.54, 1.807) is 0 Å². The largest absolute Gasteiger partial charge is 0.296 e. The van der Waals surface area contributed by atoms with E-state index in [4.69, 9.17) is 0 Å². The van der Waals surface area contributed by atoms with Crippen LogP contribution in [0.15, 0.2) is 30.3 Å². The number of benzene rings is 1. The lowest BCUT2D eigenvalue weighted by molar-refractivity contribution is 0.176. The molecule has 1 aliphatic rings. The van der Waals surface area contributed by atoms with Crippen molar-refractivity contribution in [3.8, 4) is 0 Å². The maximum absolute atomic E-state index is 2.56. The topological polar surface area (TPSA) is 3.24 Å². The van der Waals surface area contributed by atoms with Gasteiger partial charge in [-0.05, 0) is 38.3 Å². The summed E-state index contributed by atoms with van der Waals surface area (Å²) in [5.41, 5.74) is 1.43. The van der Waals surface area contributed by atoms with Gasteiger partial charge in [-0.2, -0.15) is 0 Å². The fraction of sp³-hybridized carbons (Fsp3) is 0.462. The molecule has 0 bridgehead atoms. The highest BCUT2D eigenvalue weighted by molar-refractivity contribution is 5.14. The molecule has 1 aromatic rings. The lowest BCUT2D eigenvalue weighted by Crippen LogP contribution is -2.36. The minimum Gasteiger partial charge on any atom is -0.296 e. The Balaban J connectivity index is 1.96. The lowest BCUT2D eigenvalue weighted by atomic mass is 10.0. The van der Waals surface area contributed by atoms with Crippen LogP contribution in [-0.2, 0) is 6.54 Å². The molecule has 1 aliphatic heterocycles. The van der Waals surface area contributed by atoms with E-state index in [1.165, 1.54) is 24.9 Å². The maximum Gasteiger partial charge on any atom is 0.0236 e. The van der Waals surface area contributed by atoms with Gasteiger partial charge in [0.25, 0.3) is 0 Å². The Morgan fingerprint density at radius 3 is 2.79 bits per heavy atom. The molecule has 0 N–H and O–H groups in total. The predicted molar refractivity (Wildman–Crippen MR) is 59.8 cm³/mol. The fourth-order valence-electron chi connectivity index (χ4n) is 2.04. The minimum absolute atomic E-state index is 0.712. The lowest BCUT2D eigenvalue weighted by Gasteiger charge is -2.33. The van der Waals surface area contributed by atoms with Crippen LogP contribution in [0.2, 0.25) is 0 Å². The second-order valence-corrected chi connectivity index (χ2v) is 4.12. The maximum atomic E-state index is 2.56. The normalized spacial score (nSPS) is 23.6. The van der Waals surface area contributed by atoms with Crippen LogP contribution in [0, 0.1) is 6.42 Å². The van der Waals surface area contributed by atoms with Crippen molar-refractivity contribution >= 4 is 0 Å². The molecule has 75 valence electrons. The van der Waals surface area contributed by atoms with E-state index in [9.17, 15) is 0 Å². The Hall–Kier alpha value is -0.820. The van der Waals surface area contributed by atoms with Gasteiger partial charge in [0.2, 0.25) is 0 Å². The molecule has 14 heavy (non-hydrogen) atoms. The summed E-state index contributed by atoms with van der Waals surface area (Å²) in [6.45, 7) is 4.64. The number of likely N-dealkylation sites (tertiary alicyclic amines) is 1. The van der Waals surface area contributed by atoms with Crippen LogP contribution in [0.25, 0.3) is 0 Å². The summed E-state index contributed by atoms with van der Waals surface area (Å²) < 4.78 is 0. The van der Waals surface area contributed by atoms with E-state index in [0.717, 1.165) is 6.54 Å². The first-order valence-electron chi connectivity index (χ1n) is 5.46. The highest BCUT2D eigenvalue weighted by Crippen LogP contribution is 2.18. The zero-order valence-electron chi connectivity index (χ0n) is 8.82. The first-order valence-corrected chi connectivity index (χ1v) is 5.46. The summed E-state index contributed by atoms with van der Waals surface area (Å²) in [4.78, 5) is 2.56. The Morgan fingerprint density at radius 1 is 1.29 bits per heavy atom. The van der Waals surface area contributed by atoms with Crippen molar-refractivity contribution in [2.75, 3.05) is 6.54 Å². The second-order valence-electron chi connectivity index (χ2n) is 4.12. The van der Waals surface area contributed by atoms with Gasteiger partial charge in [-0.25, -0.2) is 0 Å². The van der Waals surface area contributed by atoms with Crippen LogP contribution in [0.1, 0.15) is 25.3 Å². The number of piperidine rings is 1. The average molecular weight is 188 g/mol. The molecule has 1 fully saturated rings. The molecule has 0 aliphatic carbocycles. The third kappa shape index (κ3) is 2.36. The van der Waals surface area contributed by atoms with Crippen LogP contribution in [-0.4, -0.2) is 17.5 Å². The van der Waals surface area contributed by atoms with Gasteiger partial charge in [0.15, 0.2) is 0 Å². The summed E-state index contributed by atoms with van der Waals surface area (Å²) >= 11 is 0. The number of hydrogen-bond donors (Lipinski definition) is 0. The van der Waals surface area contributed by atoms with E-state index in [2.05, 4.69) is 48.6 Å². The van der Waals surface area contributed by atoms with Crippen LogP contribution in [0.4, 0.5) is 0 Å². The van der Waals surface area contributed by atoms with Crippen LogP contribution in [0.5, 0.6) is 0 Å². The Bertz CT molecular complexity index is 268. The molecule has 1 aromatic carbocycles. The van der Waals surface area contributed by atoms with Crippen LogP contribution < -0.4 is 0 Å². The van der Waals surface area contributed by atoms with Gasteiger partial charge in [0.1, 0.15) is 0 Å². The summed E-state index contributed by atoms with van der Waals surface area (Å²) in [5.74, 6) is 0. The quantitative estimate of drug-likeness (QED) is 0.690. The standard InChI is InChI=1S/C13H18N/c1-12-7-5-6-10-14(12)11-13-8-3-2-4-9-13/h2-5,8-9,12H,6-7,10-11H2,1H3. The van der Waals surface area contributed by atoms with Gasteiger partial charge < -0.3 is 0 Å². The van der Waals surface area contributed by atoms with Crippen molar-refractivity contribution in [3.63, 3.8) is 0 Å². The van der Waals surface area contributed by atoms with Crippen LogP contribution in [0.3, 0.4) is 0 Å². The molecule has 2 rings (SSSR count). The van der Waals surface area contributed by atoms with Crippen molar-refractivity contribution in [3.05, 3.63) is 42.3 Å². The summed E-state index contributed by atoms with van der Waals surface area (Å²) in [6.07, 6.45) is 4.90. The molecular weight excluding hydrogens is 170 g/mol. The molecule has 1 saturated heterocycles. The highest BCUT2D eigenvalue weighted by atomic mass is 15.2. The zero-order chi connectivity index (χ0) is 9.80. The number of rotatable bonds is 2. The Labute approximate surface area is 86.7 Å². The van der Waals surface area contributed by atoms with Crippen molar-refractivity contribution in [1.29, 1.82) is 0 Å². The summed E-state index contributed by atoms with van der Waals surface area (Å²) in [6, 6.07) is 11.5. The second kappa shape index (κ2) is 4.61. The smallest absolute Gasteiger partial charge is 0.0236 e. The van der Waals surface area contributed by atoms with Crippen molar-refractivity contribution in [1.82, 2.24) is 4.90 Å². The minimum atomic E-state index is 0.712. The molecule has 1 atom stereocenters. The Morgan fingerprint density at radius 2 is 2.07 bits per heavy atom. The molecule has 0 spiro atoms. The van der Waals surface area contributed by atoms with E-state index in [1.807, 2.05) is 0 Å². The van der Waals surface area contributed by atoms with Crippen molar-refractivity contribution in [2.24, 2.45) is 0 Å². The first kappa shape index (κ1) is 9.72. The molecule has 1 heterocycles. The van der Waals surface area contributed by atoms with Gasteiger partial charge in [-0.15, -0.1) is 0 Å². The molecule has 0 aromatic heterocycles. The molecule has 1 heteroatoms. The van der Waals surface area contributed by atoms with E-state index in [0.29, 0.717) is 6.04 Å².